The summed E-state index contributed by atoms with van der Waals surface area (Å²) in [5.41, 5.74) is 3.45. The second kappa shape index (κ2) is 11.2. The fraction of sp³-hybridized carbons (Fsp3) is 0.385. The third kappa shape index (κ3) is 5.56. The summed E-state index contributed by atoms with van der Waals surface area (Å²) in [6, 6.07) is 8.13. The Kier molecular flexibility index (Phi) is 7.48. The second-order valence-corrected chi connectivity index (χ2v) is 12.4. The van der Waals surface area contributed by atoms with Gasteiger partial charge in [-0.15, -0.1) is 10.2 Å². The number of benzene rings is 1. The van der Waals surface area contributed by atoms with Crippen molar-refractivity contribution in [1.82, 2.24) is 24.3 Å². The van der Waals surface area contributed by atoms with E-state index in [2.05, 4.69) is 24.8 Å². The maximum absolute atomic E-state index is 14.5. The van der Waals surface area contributed by atoms with Crippen LogP contribution in [0.1, 0.15) is 47.8 Å². The number of imidazole rings is 1. The monoisotopic (exact) mass is 601 g/mol. The molecule has 3 aromatic heterocycles. The summed E-state index contributed by atoms with van der Waals surface area (Å²) in [6.07, 6.45) is 6.30. The van der Waals surface area contributed by atoms with Crippen LogP contribution < -0.4 is 18.7 Å². The maximum Gasteiger partial charge on any atom is 0.328 e. The number of hydrogen-bond donors (Lipinski definition) is 1. The first-order valence-corrected chi connectivity index (χ1v) is 15.5. The van der Waals surface area contributed by atoms with Crippen LogP contribution in [0.15, 0.2) is 48.2 Å². The minimum Gasteiger partial charge on any atom is -0.490 e. The van der Waals surface area contributed by atoms with E-state index in [4.69, 9.17) is 9.47 Å². The number of nitrogens with zero attached hydrogens (tertiary/aromatic N) is 6. The Morgan fingerprint density at radius 2 is 2.05 bits per heavy atom. The number of hydrogen-bond acceptors (Lipinski definition) is 10. The number of pyridine rings is 1. The Balaban J connectivity index is 1.27. The van der Waals surface area contributed by atoms with Crippen LogP contribution >= 0.6 is 11.3 Å². The van der Waals surface area contributed by atoms with Crippen molar-refractivity contribution >= 4 is 43.9 Å². The van der Waals surface area contributed by atoms with Crippen LogP contribution in [0.25, 0.3) is 5.65 Å². The topological polar surface area (TPSA) is 131 Å². The number of ether oxygens (including phenoxy) is 2. The van der Waals surface area contributed by atoms with Crippen molar-refractivity contribution in [3.63, 3.8) is 0 Å². The Labute approximate surface area is 239 Å². The van der Waals surface area contributed by atoms with E-state index in [1.54, 1.807) is 22.7 Å². The van der Waals surface area contributed by atoms with E-state index in [9.17, 15) is 17.6 Å². The lowest BCUT2D eigenvalue weighted by atomic mass is 10.0. The molecule has 0 aliphatic carbocycles. The van der Waals surface area contributed by atoms with E-state index in [1.165, 1.54) is 30.9 Å². The van der Waals surface area contributed by atoms with Crippen molar-refractivity contribution in [2.75, 3.05) is 36.0 Å². The molecule has 4 aromatic rings. The SMILES string of the molecule is CN(c1nncs1)S(=O)(=O)NC(=O)c1cnc2ccc(N3CCCC3c3cc(F)ccc3OC3CCOCC3)cn12. The standard InChI is InChI=1S/C26H28FN7O5S2/c1-32(26-30-29-16-40-26)41(36,37)31-25(35)22-14-28-24-7-5-18(15-34(22)24)33-10-2-3-21(33)20-13-17(27)4-6-23(20)39-19-8-11-38-12-9-19/h4-7,13-16,19,21H,2-3,8-12H2,1H3,(H,31,35). The highest BCUT2D eigenvalue weighted by Gasteiger charge is 2.31. The lowest BCUT2D eigenvalue weighted by Gasteiger charge is -2.30. The highest BCUT2D eigenvalue weighted by Crippen LogP contribution is 2.41. The lowest BCUT2D eigenvalue weighted by Crippen LogP contribution is -2.42. The first-order valence-electron chi connectivity index (χ1n) is 13.1. The van der Waals surface area contributed by atoms with Crippen molar-refractivity contribution in [3.05, 3.63) is 65.3 Å². The Bertz CT molecular complexity index is 1660. The van der Waals surface area contributed by atoms with E-state index in [0.29, 0.717) is 31.2 Å². The van der Waals surface area contributed by atoms with Crippen LogP contribution in [0.3, 0.4) is 0 Å². The number of carbonyl (C=O) groups is 1. The van der Waals surface area contributed by atoms with Gasteiger partial charge in [0.25, 0.3) is 5.91 Å². The van der Waals surface area contributed by atoms with Crippen LogP contribution in [0, 0.1) is 5.82 Å². The number of amides is 1. The van der Waals surface area contributed by atoms with Crippen LogP contribution in [0.2, 0.25) is 0 Å². The molecule has 0 radical (unpaired) electrons. The molecule has 1 aromatic carbocycles. The van der Waals surface area contributed by atoms with Crippen molar-refractivity contribution < 1.29 is 27.1 Å². The Morgan fingerprint density at radius 1 is 1.22 bits per heavy atom. The zero-order valence-electron chi connectivity index (χ0n) is 22.1. The van der Waals surface area contributed by atoms with Gasteiger partial charge in [0.2, 0.25) is 5.13 Å². The summed E-state index contributed by atoms with van der Waals surface area (Å²) < 4.78 is 56.3. The van der Waals surface area contributed by atoms with Gasteiger partial charge in [-0.25, -0.2) is 18.4 Å². The fourth-order valence-electron chi connectivity index (χ4n) is 5.21. The summed E-state index contributed by atoms with van der Waals surface area (Å²) in [7, 11) is -2.96. The highest BCUT2D eigenvalue weighted by atomic mass is 32.2. The van der Waals surface area contributed by atoms with Gasteiger partial charge >= 0.3 is 10.2 Å². The van der Waals surface area contributed by atoms with Crippen LogP contribution in [0.4, 0.5) is 15.2 Å². The van der Waals surface area contributed by atoms with Gasteiger partial charge in [-0.2, -0.15) is 8.42 Å². The Morgan fingerprint density at radius 3 is 2.83 bits per heavy atom. The number of fused-ring (bicyclic) bond motifs is 1. The number of anilines is 2. The molecule has 0 bridgehead atoms. The molecule has 41 heavy (non-hydrogen) atoms. The molecule has 6 rings (SSSR count). The van der Waals surface area contributed by atoms with E-state index >= 15 is 0 Å². The zero-order chi connectivity index (χ0) is 28.6. The number of halogens is 1. The van der Waals surface area contributed by atoms with Gasteiger partial charge in [-0.1, -0.05) is 11.3 Å². The summed E-state index contributed by atoms with van der Waals surface area (Å²) >= 11 is 1.02. The van der Waals surface area contributed by atoms with E-state index in [0.717, 1.165) is 52.6 Å². The molecule has 0 spiro atoms. The molecule has 0 saturated carbocycles. The molecule has 2 aliphatic rings. The summed E-state index contributed by atoms with van der Waals surface area (Å²) in [6.45, 7) is 1.98. The lowest BCUT2D eigenvalue weighted by molar-refractivity contribution is 0.0250. The van der Waals surface area contributed by atoms with Gasteiger partial charge in [0.15, 0.2) is 0 Å². The van der Waals surface area contributed by atoms with Gasteiger partial charge in [0.05, 0.1) is 31.1 Å². The van der Waals surface area contributed by atoms with Gasteiger partial charge in [0, 0.05) is 38.2 Å². The smallest absolute Gasteiger partial charge is 0.328 e. The summed E-state index contributed by atoms with van der Waals surface area (Å²) in [5, 5.41) is 7.49. The van der Waals surface area contributed by atoms with Gasteiger partial charge in [-0.05, 0) is 43.2 Å². The van der Waals surface area contributed by atoms with E-state index < -0.39 is 16.1 Å². The van der Waals surface area contributed by atoms with Crippen LogP contribution in [-0.2, 0) is 14.9 Å². The van der Waals surface area contributed by atoms with Crippen molar-refractivity contribution in [2.45, 2.75) is 37.8 Å². The normalized spacial score (nSPS) is 18.1. The number of aromatic nitrogens is 4. The highest BCUT2D eigenvalue weighted by molar-refractivity contribution is 7.91. The molecule has 15 heteroatoms. The number of carbonyl (C=O) groups excluding carboxylic acids is 1. The van der Waals surface area contributed by atoms with E-state index in [-0.39, 0.29) is 28.8 Å². The molecule has 1 amide bonds. The quantitative estimate of drug-likeness (QED) is 0.323. The molecule has 2 saturated heterocycles. The first-order chi connectivity index (χ1) is 19.8. The minimum absolute atomic E-state index is 0.00775. The predicted molar refractivity (Wildman–Crippen MR) is 150 cm³/mol. The number of rotatable bonds is 8. The molecular weight excluding hydrogens is 573 g/mol. The van der Waals surface area contributed by atoms with Crippen LogP contribution in [-0.4, -0.2) is 66.8 Å². The molecule has 1 unspecified atom stereocenters. The molecule has 1 N–H and O–H groups in total. The predicted octanol–water partition coefficient (Wildman–Crippen LogP) is 3.34. The first kappa shape index (κ1) is 27.4. The molecular formula is C26H28FN7O5S2. The van der Waals surface area contributed by atoms with Crippen LogP contribution in [0.5, 0.6) is 5.75 Å². The van der Waals surface area contributed by atoms with Crippen molar-refractivity contribution in [3.8, 4) is 5.75 Å². The molecule has 1 atom stereocenters. The fourth-order valence-corrected chi connectivity index (χ4v) is 6.78. The minimum atomic E-state index is -4.24. The molecule has 2 fully saturated rings. The largest absolute Gasteiger partial charge is 0.490 e. The maximum atomic E-state index is 14.5. The Hall–Kier alpha value is -3.82. The van der Waals surface area contributed by atoms with Crippen molar-refractivity contribution in [1.29, 1.82) is 0 Å². The molecule has 216 valence electrons. The molecule has 5 heterocycles. The average Bonchev–Trinajstić information content (AvgIpc) is 3.74. The third-order valence-electron chi connectivity index (χ3n) is 7.30. The zero-order valence-corrected chi connectivity index (χ0v) is 23.8. The third-order valence-corrected chi connectivity index (χ3v) is 9.52. The number of nitrogens with one attached hydrogen (secondary N) is 1. The van der Waals surface area contributed by atoms with Gasteiger partial charge < -0.3 is 14.4 Å². The average molecular weight is 602 g/mol. The van der Waals surface area contributed by atoms with Gasteiger partial charge in [0.1, 0.15) is 34.5 Å². The van der Waals surface area contributed by atoms with Gasteiger partial charge in [-0.3, -0.25) is 9.20 Å². The van der Waals surface area contributed by atoms with E-state index in [1.807, 2.05) is 6.07 Å². The van der Waals surface area contributed by atoms with Crippen molar-refractivity contribution in [2.24, 2.45) is 0 Å². The molecule has 12 nitrogen and oxygen atoms in total. The summed E-state index contributed by atoms with van der Waals surface area (Å²) in [5.74, 6) is -0.528. The molecule has 2 aliphatic heterocycles. The second-order valence-electron chi connectivity index (χ2n) is 9.85. The summed E-state index contributed by atoms with van der Waals surface area (Å²) in [4.78, 5) is 19.5.